The van der Waals surface area contributed by atoms with E-state index < -0.39 is 17.8 Å². The zero-order valence-corrected chi connectivity index (χ0v) is 15.3. The van der Waals surface area contributed by atoms with Crippen LogP contribution in [0.25, 0.3) is 5.69 Å². The van der Waals surface area contributed by atoms with Gasteiger partial charge in [0, 0.05) is 23.8 Å². The minimum atomic E-state index is -0.653. The van der Waals surface area contributed by atoms with Gasteiger partial charge in [-0.05, 0) is 33.8 Å². The highest BCUT2D eigenvalue weighted by molar-refractivity contribution is 7.07. The zero-order chi connectivity index (χ0) is 18.4. The van der Waals surface area contributed by atoms with E-state index in [0.29, 0.717) is 16.3 Å². The molecular weight excluding hydrogens is 344 g/mol. The zero-order valence-electron chi connectivity index (χ0n) is 14.5. The Balaban J connectivity index is 2.24. The molecule has 0 aromatic carbocycles. The van der Waals surface area contributed by atoms with Gasteiger partial charge >= 0.3 is 12.2 Å². The Morgan fingerprint density at radius 1 is 1.40 bits per heavy atom. The van der Waals surface area contributed by atoms with Crippen LogP contribution in [-0.4, -0.2) is 33.9 Å². The fourth-order valence-electron chi connectivity index (χ4n) is 1.83. The molecule has 0 aliphatic heterocycles. The van der Waals surface area contributed by atoms with Crippen LogP contribution in [0.4, 0.5) is 15.4 Å². The Morgan fingerprint density at radius 3 is 2.84 bits per heavy atom. The van der Waals surface area contributed by atoms with Crippen molar-refractivity contribution >= 4 is 29.3 Å². The monoisotopic (exact) mass is 364 g/mol. The highest BCUT2D eigenvalue weighted by Crippen LogP contribution is 2.13. The van der Waals surface area contributed by atoms with E-state index in [-0.39, 0.29) is 6.61 Å². The van der Waals surface area contributed by atoms with Gasteiger partial charge in [0.1, 0.15) is 11.4 Å². The predicted molar refractivity (Wildman–Crippen MR) is 93.9 cm³/mol. The Morgan fingerprint density at radius 2 is 2.16 bits per heavy atom. The van der Waals surface area contributed by atoms with Gasteiger partial charge < -0.3 is 9.47 Å². The molecule has 2 heterocycles. The Kier molecular flexibility index (Phi) is 5.92. The summed E-state index contributed by atoms with van der Waals surface area (Å²) in [5, 5.41) is 4.37. The first kappa shape index (κ1) is 18.7. The summed E-state index contributed by atoms with van der Waals surface area (Å²) in [4.78, 5) is 31.9. The molecule has 0 bridgehead atoms. The van der Waals surface area contributed by atoms with Gasteiger partial charge in [0.25, 0.3) is 0 Å². The number of rotatable bonds is 3. The average Bonchev–Trinajstić information content (AvgIpc) is 2.93. The van der Waals surface area contributed by atoms with Crippen molar-refractivity contribution in [3.8, 4) is 5.69 Å². The Hall–Kier alpha value is -2.68. The van der Waals surface area contributed by atoms with E-state index >= 15 is 0 Å². The van der Waals surface area contributed by atoms with Gasteiger partial charge in [-0.25, -0.2) is 14.6 Å². The summed E-state index contributed by atoms with van der Waals surface area (Å²) in [5.74, 6) is 0.326. The van der Waals surface area contributed by atoms with Gasteiger partial charge in [-0.3, -0.25) is 9.88 Å². The first-order chi connectivity index (χ1) is 11.8. The van der Waals surface area contributed by atoms with E-state index in [1.165, 1.54) is 11.3 Å². The second-order valence-corrected chi connectivity index (χ2v) is 6.77. The normalized spacial score (nSPS) is 11.9. The molecule has 0 radical (unpaired) electrons. The van der Waals surface area contributed by atoms with Crippen molar-refractivity contribution < 1.29 is 19.1 Å². The molecule has 0 fully saturated rings. The summed E-state index contributed by atoms with van der Waals surface area (Å²) in [5.41, 5.74) is 0.0838. The molecule has 2 rings (SSSR count). The smallest absolute Gasteiger partial charge is 0.436 e. The van der Waals surface area contributed by atoms with Crippen LogP contribution in [0.1, 0.15) is 27.7 Å². The van der Waals surface area contributed by atoms with Crippen LogP contribution in [0.15, 0.2) is 34.9 Å². The number of hydrogen-bond acceptors (Lipinski definition) is 6. The highest BCUT2D eigenvalue weighted by atomic mass is 32.1. The molecule has 0 atom stereocenters. The Bertz CT molecular complexity index is 820. The number of nitrogens with one attached hydrogen (secondary N) is 1. The summed E-state index contributed by atoms with van der Waals surface area (Å²) < 4.78 is 11.7. The van der Waals surface area contributed by atoms with Crippen LogP contribution in [-0.2, 0) is 9.47 Å². The number of anilines is 1. The number of aromatic nitrogens is 2. The van der Waals surface area contributed by atoms with Crippen molar-refractivity contribution in [1.82, 2.24) is 9.55 Å². The molecule has 2 aromatic rings. The number of amides is 2. The number of thiazole rings is 1. The second kappa shape index (κ2) is 7.93. The molecule has 0 aliphatic carbocycles. The third-order valence-corrected chi connectivity index (χ3v) is 3.45. The first-order valence-corrected chi connectivity index (χ1v) is 8.50. The maximum Gasteiger partial charge on any atom is 0.436 e. The lowest BCUT2D eigenvalue weighted by Gasteiger charge is -2.19. The van der Waals surface area contributed by atoms with Crippen molar-refractivity contribution in [2.24, 2.45) is 4.99 Å². The number of nitrogens with zero attached hydrogens (tertiary/aromatic N) is 3. The predicted octanol–water partition coefficient (Wildman–Crippen LogP) is 3.34. The quantitative estimate of drug-likeness (QED) is 0.901. The summed E-state index contributed by atoms with van der Waals surface area (Å²) in [6.45, 7) is 7.31. The van der Waals surface area contributed by atoms with Crippen LogP contribution in [0.5, 0.6) is 0 Å². The number of hydrogen-bond donors (Lipinski definition) is 1. The minimum absolute atomic E-state index is 0.257. The number of ether oxygens (including phenoxy) is 2. The molecule has 0 saturated carbocycles. The fraction of sp³-hybridized carbons (Fsp3) is 0.375. The molecule has 0 spiro atoms. The standard InChI is InChI=1S/C16H20N4O4S/c1-5-23-14(21)19-13-20(8-9-25-13)11-6-7-17-12(10-11)18-15(22)24-16(2,3)4/h6-10H,5H2,1-4H3,(H,17,18,22)/b19-13-. The van der Waals surface area contributed by atoms with Gasteiger partial charge in [-0.2, -0.15) is 0 Å². The SMILES string of the molecule is CCOC(=O)/N=c1\sccn1-c1ccnc(NC(=O)OC(C)(C)C)c1. The molecule has 0 saturated heterocycles. The molecule has 2 aromatic heterocycles. The van der Waals surface area contributed by atoms with Gasteiger partial charge in [-0.15, -0.1) is 16.3 Å². The van der Waals surface area contributed by atoms with E-state index in [1.807, 2.05) is 0 Å². The van der Waals surface area contributed by atoms with Crippen LogP contribution < -0.4 is 10.1 Å². The lowest BCUT2D eigenvalue weighted by molar-refractivity contribution is 0.0635. The van der Waals surface area contributed by atoms with Crippen molar-refractivity contribution in [2.75, 3.05) is 11.9 Å². The maximum atomic E-state index is 11.9. The summed E-state index contributed by atoms with van der Waals surface area (Å²) >= 11 is 1.29. The maximum absolute atomic E-state index is 11.9. The topological polar surface area (TPSA) is 94.8 Å². The lowest BCUT2D eigenvalue weighted by Crippen LogP contribution is -2.27. The molecule has 8 nitrogen and oxygen atoms in total. The van der Waals surface area contributed by atoms with Crippen LogP contribution in [0, 0.1) is 0 Å². The molecule has 25 heavy (non-hydrogen) atoms. The van der Waals surface area contributed by atoms with E-state index in [2.05, 4.69) is 15.3 Å². The van der Waals surface area contributed by atoms with Crippen molar-refractivity contribution in [3.63, 3.8) is 0 Å². The molecule has 9 heteroatoms. The molecule has 2 amide bonds. The van der Waals surface area contributed by atoms with Gasteiger partial charge in [0.05, 0.1) is 12.3 Å². The second-order valence-electron chi connectivity index (χ2n) is 5.89. The summed E-state index contributed by atoms with van der Waals surface area (Å²) in [7, 11) is 0. The van der Waals surface area contributed by atoms with E-state index in [9.17, 15) is 9.59 Å². The fourth-order valence-corrected chi connectivity index (χ4v) is 2.54. The van der Waals surface area contributed by atoms with E-state index in [1.54, 1.807) is 62.2 Å². The summed E-state index contributed by atoms with van der Waals surface area (Å²) in [6, 6.07) is 3.39. The van der Waals surface area contributed by atoms with Crippen molar-refractivity contribution in [1.29, 1.82) is 0 Å². The largest absolute Gasteiger partial charge is 0.448 e. The van der Waals surface area contributed by atoms with Crippen LogP contribution >= 0.6 is 11.3 Å². The first-order valence-electron chi connectivity index (χ1n) is 7.62. The highest BCUT2D eigenvalue weighted by Gasteiger charge is 2.16. The molecule has 1 N–H and O–H groups in total. The van der Waals surface area contributed by atoms with Gasteiger partial charge in [0.2, 0.25) is 4.80 Å². The lowest BCUT2D eigenvalue weighted by atomic mass is 10.2. The van der Waals surface area contributed by atoms with E-state index in [0.717, 1.165) is 0 Å². The summed E-state index contributed by atoms with van der Waals surface area (Å²) in [6.07, 6.45) is 2.06. The Labute approximate surface area is 149 Å². The van der Waals surface area contributed by atoms with Crippen molar-refractivity contribution in [2.45, 2.75) is 33.3 Å². The van der Waals surface area contributed by atoms with E-state index in [4.69, 9.17) is 9.47 Å². The number of carbonyl (C=O) groups is 2. The molecule has 0 unspecified atom stereocenters. The average molecular weight is 364 g/mol. The van der Waals surface area contributed by atoms with Gasteiger partial charge in [-0.1, -0.05) is 0 Å². The van der Waals surface area contributed by atoms with Crippen LogP contribution in [0.2, 0.25) is 0 Å². The van der Waals surface area contributed by atoms with Gasteiger partial charge in [0.15, 0.2) is 0 Å². The van der Waals surface area contributed by atoms with Crippen LogP contribution in [0.3, 0.4) is 0 Å². The minimum Gasteiger partial charge on any atom is -0.448 e. The number of carbonyl (C=O) groups excluding carboxylic acids is 2. The molecule has 0 aliphatic rings. The molecular formula is C16H20N4O4S. The van der Waals surface area contributed by atoms with Crippen molar-refractivity contribution in [3.05, 3.63) is 34.7 Å². The number of pyridine rings is 1. The third-order valence-electron chi connectivity index (χ3n) is 2.69. The molecule has 134 valence electrons. The third kappa shape index (κ3) is 5.71.